The molecule has 1 aromatic heterocycles. The molecule has 2 heterocycles. The highest BCUT2D eigenvalue weighted by Crippen LogP contribution is 2.35. The first kappa shape index (κ1) is 23.1. The monoisotopic (exact) mass is 442 g/mol. The van der Waals surface area contributed by atoms with Gasteiger partial charge in [-0.3, -0.25) is 9.59 Å². The lowest BCUT2D eigenvalue weighted by Gasteiger charge is -2.16. The molecular formula is C24H31ClN4O2. The number of halogens is 1. The molecule has 0 bridgehead atoms. The molecule has 31 heavy (non-hydrogen) atoms. The summed E-state index contributed by atoms with van der Waals surface area (Å²) in [6.07, 6.45) is 5.08. The standard InChI is InChI=1S/C24H31ClN4O2/c1-5-6-11-29(4)12-7-10-26-24(31)22-15(2)21(27-16(22)3)14-19-18-13-17(25)8-9-20(18)28-23(19)30/h8-9,13-14,27H,5-7,10-12H2,1-4H3,(H,26,31)(H,28,30)/b19-14-. The summed E-state index contributed by atoms with van der Waals surface area (Å²) in [7, 11) is 2.11. The van der Waals surface area contributed by atoms with E-state index in [1.807, 2.05) is 13.8 Å². The smallest absolute Gasteiger partial charge is 0.256 e. The number of carbonyl (C=O) groups is 2. The number of benzene rings is 1. The van der Waals surface area contributed by atoms with Gasteiger partial charge in [0.25, 0.3) is 11.8 Å². The third-order valence-corrected chi connectivity index (χ3v) is 5.89. The van der Waals surface area contributed by atoms with Crippen LogP contribution >= 0.6 is 11.6 Å². The van der Waals surface area contributed by atoms with E-state index in [-0.39, 0.29) is 11.8 Å². The van der Waals surface area contributed by atoms with E-state index in [1.165, 1.54) is 12.8 Å². The van der Waals surface area contributed by atoms with Crippen LogP contribution in [0.3, 0.4) is 0 Å². The normalized spacial score (nSPS) is 14.3. The van der Waals surface area contributed by atoms with Gasteiger partial charge < -0.3 is 20.5 Å². The molecule has 0 spiro atoms. The second-order valence-corrected chi connectivity index (χ2v) is 8.57. The second-order valence-electron chi connectivity index (χ2n) is 8.13. The molecule has 3 rings (SSSR count). The minimum absolute atomic E-state index is 0.0913. The van der Waals surface area contributed by atoms with Crippen LogP contribution in [-0.4, -0.2) is 48.4 Å². The molecule has 6 nitrogen and oxygen atoms in total. The lowest BCUT2D eigenvalue weighted by Crippen LogP contribution is -2.29. The minimum Gasteiger partial charge on any atom is -0.358 e. The van der Waals surface area contributed by atoms with Crippen LogP contribution in [0.4, 0.5) is 5.69 Å². The van der Waals surface area contributed by atoms with E-state index in [1.54, 1.807) is 24.3 Å². The van der Waals surface area contributed by atoms with Gasteiger partial charge in [0.1, 0.15) is 0 Å². The van der Waals surface area contributed by atoms with Crippen LogP contribution < -0.4 is 10.6 Å². The van der Waals surface area contributed by atoms with Gasteiger partial charge in [0.05, 0.1) is 11.1 Å². The van der Waals surface area contributed by atoms with Gasteiger partial charge in [-0.05, 0) is 76.7 Å². The number of aromatic nitrogens is 1. The molecular weight excluding hydrogens is 412 g/mol. The molecule has 2 amide bonds. The molecule has 1 aromatic carbocycles. The molecule has 7 heteroatoms. The number of aromatic amines is 1. The Hall–Kier alpha value is -2.57. The fourth-order valence-electron chi connectivity index (χ4n) is 3.89. The van der Waals surface area contributed by atoms with Crippen molar-refractivity contribution in [3.8, 4) is 0 Å². The van der Waals surface area contributed by atoms with Crippen molar-refractivity contribution >= 4 is 40.8 Å². The number of hydrogen-bond acceptors (Lipinski definition) is 3. The first-order valence-electron chi connectivity index (χ1n) is 10.8. The fourth-order valence-corrected chi connectivity index (χ4v) is 4.06. The van der Waals surface area contributed by atoms with Crippen molar-refractivity contribution in [2.24, 2.45) is 0 Å². The van der Waals surface area contributed by atoms with Gasteiger partial charge in [0, 0.05) is 34.2 Å². The Morgan fingerprint density at radius 1 is 1.23 bits per heavy atom. The van der Waals surface area contributed by atoms with Crippen LogP contribution in [-0.2, 0) is 4.79 Å². The Morgan fingerprint density at radius 2 is 1.97 bits per heavy atom. The Labute approximate surface area is 189 Å². The van der Waals surface area contributed by atoms with Gasteiger partial charge >= 0.3 is 0 Å². The number of amides is 2. The van der Waals surface area contributed by atoms with E-state index >= 15 is 0 Å². The Morgan fingerprint density at radius 3 is 2.71 bits per heavy atom. The van der Waals surface area contributed by atoms with Crippen molar-refractivity contribution in [1.82, 2.24) is 15.2 Å². The lowest BCUT2D eigenvalue weighted by atomic mass is 10.0. The minimum atomic E-state index is -0.179. The maximum atomic E-state index is 12.8. The summed E-state index contributed by atoms with van der Waals surface area (Å²) in [5.74, 6) is -0.270. The van der Waals surface area contributed by atoms with Crippen LogP contribution in [0.2, 0.25) is 5.02 Å². The first-order chi connectivity index (χ1) is 14.8. The number of nitrogens with one attached hydrogen (secondary N) is 3. The number of unbranched alkanes of at least 4 members (excludes halogenated alkanes) is 1. The van der Waals surface area contributed by atoms with Crippen molar-refractivity contribution in [2.45, 2.75) is 40.0 Å². The molecule has 0 aliphatic carbocycles. The summed E-state index contributed by atoms with van der Waals surface area (Å²) >= 11 is 6.12. The van der Waals surface area contributed by atoms with Crippen LogP contribution in [0.5, 0.6) is 0 Å². The Balaban J connectivity index is 1.70. The Kier molecular flexibility index (Phi) is 7.57. The van der Waals surface area contributed by atoms with Gasteiger partial charge in [0.15, 0.2) is 0 Å². The molecule has 1 aliphatic heterocycles. The van der Waals surface area contributed by atoms with E-state index < -0.39 is 0 Å². The zero-order valence-corrected chi connectivity index (χ0v) is 19.4. The highest BCUT2D eigenvalue weighted by atomic mass is 35.5. The zero-order chi connectivity index (χ0) is 22.5. The van der Waals surface area contributed by atoms with Gasteiger partial charge in [-0.2, -0.15) is 0 Å². The topological polar surface area (TPSA) is 77.2 Å². The third-order valence-electron chi connectivity index (χ3n) is 5.65. The van der Waals surface area contributed by atoms with Crippen LogP contribution in [0.1, 0.15) is 59.1 Å². The number of carbonyl (C=O) groups excluding carboxylic acids is 2. The molecule has 0 saturated heterocycles. The lowest BCUT2D eigenvalue weighted by molar-refractivity contribution is -0.110. The number of rotatable bonds is 9. The number of anilines is 1. The summed E-state index contributed by atoms with van der Waals surface area (Å²) in [5.41, 5.74) is 5.03. The number of hydrogen-bond donors (Lipinski definition) is 3. The predicted molar refractivity (Wildman–Crippen MR) is 128 cm³/mol. The molecule has 0 atom stereocenters. The van der Waals surface area contributed by atoms with Gasteiger partial charge in [0.2, 0.25) is 0 Å². The molecule has 0 fully saturated rings. The SMILES string of the molecule is CCCCN(C)CCCNC(=O)c1c(C)[nH]c(/C=C2\C(=O)Nc3ccc(Cl)cc32)c1C. The Bertz CT molecular complexity index is 1010. The van der Waals surface area contributed by atoms with E-state index in [4.69, 9.17) is 11.6 Å². The molecule has 0 unspecified atom stereocenters. The third kappa shape index (κ3) is 5.38. The van der Waals surface area contributed by atoms with Crippen molar-refractivity contribution in [1.29, 1.82) is 0 Å². The average molecular weight is 443 g/mol. The summed E-state index contributed by atoms with van der Waals surface area (Å²) in [5, 5.41) is 6.45. The van der Waals surface area contributed by atoms with Crippen molar-refractivity contribution in [3.05, 3.63) is 51.3 Å². The summed E-state index contributed by atoms with van der Waals surface area (Å²) in [6, 6.07) is 5.32. The first-order valence-corrected chi connectivity index (χ1v) is 11.2. The largest absolute Gasteiger partial charge is 0.358 e. The van der Waals surface area contributed by atoms with E-state index in [0.29, 0.717) is 22.7 Å². The van der Waals surface area contributed by atoms with E-state index in [9.17, 15) is 9.59 Å². The second kappa shape index (κ2) is 10.2. The van der Waals surface area contributed by atoms with Gasteiger partial charge in [-0.1, -0.05) is 24.9 Å². The number of fused-ring (bicyclic) bond motifs is 1. The summed E-state index contributed by atoms with van der Waals surface area (Å²) < 4.78 is 0. The van der Waals surface area contributed by atoms with Crippen LogP contribution in [0, 0.1) is 13.8 Å². The molecule has 1 aliphatic rings. The van der Waals surface area contributed by atoms with Crippen LogP contribution in [0.15, 0.2) is 18.2 Å². The summed E-state index contributed by atoms with van der Waals surface area (Å²) in [4.78, 5) is 30.8. The molecule has 2 aromatic rings. The van der Waals surface area contributed by atoms with Crippen molar-refractivity contribution in [3.63, 3.8) is 0 Å². The number of nitrogens with zero attached hydrogens (tertiary/aromatic N) is 1. The fraction of sp³-hybridized carbons (Fsp3) is 0.417. The number of H-pyrrole nitrogens is 1. The van der Waals surface area contributed by atoms with Gasteiger partial charge in [-0.15, -0.1) is 0 Å². The average Bonchev–Trinajstić information content (AvgIpc) is 3.18. The van der Waals surface area contributed by atoms with E-state index in [0.717, 1.165) is 47.7 Å². The maximum absolute atomic E-state index is 12.8. The summed E-state index contributed by atoms with van der Waals surface area (Å²) in [6.45, 7) is 8.63. The molecule has 3 N–H and O–H groups in total. The quantitative estimate of drug-likeness (QED) is 0.391. The van der Waals surface area contributed by atoms with Crippen molar-refractivity contribution in [2.75, 3.05) is 32.0 Å². The van der Waals surface area contributed by atoms with Gasteiger partial charge in [-0.25, -0.2) is 0 Å². The number of aryl methyl sites for hydroxylation is 1. The predicted octanol–water partition coefficient (Wildman–Crippen LogP) is 4.63. The zero-order valence-electron chi connectivity index (χ0n) is 18.7. The van der Waals surface area contributed by atoms with Crippen molar-refractivity contribution < 1.29 is 9.59 Å². The van der Waals surface area contributed by atoms with Crippen LogP contribution in [0.25, 0.3) is 11.6 Å². The highest BCUT2D eigenvalue weighted by molar-refractivity contribution is 6.36. The molecule has 0 saturated carbocycles. The van der Waals surface area contributed by atoms with E-state index in [2.05, 4.69) is 34.5 Å². The molecule has 0 radical (unpaired) electrons. The molecule has 166 valence electrons. The maximum Gasteiger partial charge on any atom is 0.256 e. The highest BCUT2D eigenvalue weighted by Gasteiger charge is 2.25.